The number of amides is 3. The van der Waals surface area contributed by atoms with Crippen LogP contribution in [0.15, 0.2) is 54.6 Å². The number of aliphatic hydroxyl groups is 1. The van der Waals surface area contributed by atoms with Gasteiger partial charge in [-0.05, 0) is 29.7 Å². The molecule has 0 aromatic heterocycles. The lowest BCUT2D eigenvalue weighted by molar-refractivity contribution is -0.143. The summed E-state index contributed by atoms with van der Waals surface area (Å²) < 4.78 is 19.4. The van der Waals surface area contributed by atoms with Gasteiger partial charge in [-0.2, -0.15) is 0 Å². The highest BCUT2D eigenvalue weighted by Gasteiger charge is 2.34. The van der Waals surface area contributed by atoms with E-state index in [1.807, 2.05) is 44.2 Å². The van der Waals surface area contributed by atoms with Gasteiger partial charge in [-0.1, -0.05) is 62.8 Å². The number of rotatable bonds is 5. The number of carbonyl (C=O) groups is 3. The molecule has 0 saturated carbocycles. The summed E-state index contributed by atoms with van der Waals surface area (Å²) in [5, 5.41) is 18.9. The quantitative estimate of drug-likeness (QED) is 0.448. The van der Waals surface area contributed by atoms with Crippen LogP contribution < -0.4 is 20.7 Å². The Morgan fingerprint density at radius 2 is 1.82 bits per heavy atom. The van der Waals surface area contributed by atoms with Crippen LogP contribution in [0.1, 0.15) is 31.4 Å². The highest BCUT2D eigenvalue weighted by atomic mass is 19.1. The fourth-order valence-corrected chi connectivity index (χ4v) is 4.45. The van der Waals surface area contributed by atoms with Crippen LogP contribution >= 0.6 is 0 Å². The Hall–Kier alpha value is -3.76. The topological polar surface area (TPSA) is 120 Å². The Bertz CT molecular complexity index is 1170. The highest BCUT2D eigenvalue weighted by Crippen LogP contribution is 2.19. The molecule has 0 saturated heterocycles. The third-order valence-electron chi connectivity index (χ3n) is 7.09. The number of fused-ring (bicyclic) bond motifs is 1. The summed E-state index contributed by atoms with van der Waals surface area (Å²) in [7, 11) is 1.46. The van der Waals surface area contributed by atoms with Gasteiger partial charge in [0.2, 0.25) is 17.7 Å². The Morgan fingerprint density at radius 1 is 1.10 bits per heavy atom. The van der Waals surface area contributed by atoms with E-state index in [4.69, 9.17) is 4.74 Å². The number of benzene rings is 2. The molecule has 0 bridgehead atoms. The van der Waals surface area contributed by atoms with Crippen molar-refractivity contribution in [2.45, 2.75) is 44.8 Å². The van der Waals surface area contributed by atoms with Crippen LogP contribution in [0.5, 0.6) is 5.75 Å². The zero-order chi connectivity index (χ0) is 29.1. The average molecular weight is 555 g/mol. The number of para-hydroxylation sites is 1. The monoisotopic (exact) mass is 554 g/mol. The minimum atomic E-state index is -1.22. The lowest BCUT2D eigenvalue weighted by atomic mass is 9.97. The van der Waals surface area contributed by atoms with Crippen LogP contribution in [0.3, 0.4) is 0 Å². The highest BCUT2D eigenvalue weighted by molar-refractivity contribution is 5.93. The van der Waals surface area contributed by atoms with E-state index in [1.165, 1.54) is 24.1 Å². The summed E-state index contributed by atoms with van der Waals surface area (Å²) in [5.74, 6) is -1.29. The number of nitrogens with zero attached hydrogens (tertiary/aromatic N) is 1. The van der Waals surface area contributed by atoms with E-state index < -0.39 is 42.4 Å². The Labute approximate surface area is 234 Å². The molecule has 9 nitrogen and oxygen atoms in total. The molecular formula is C30H39FN4O5. The number of carbonyl (C=O) groups excluding carboxylic acids is 3. The van der Waals surface area contributed by atoms with Crippen molar-refractivity contribution in [3.8, 4) is 5.75 Å². The third-order valence-corrected chi connectivity index (χ3v) is 7.09. The number of hydrogen-bond donors (Lipinski definition) is 4. The second kappa shape index (κ2) is 15.1. The van der Waals surface area contributed by atoms with E-state index in [-0.39, 0.29) is 24.8 Å². The lowest BCUT2D eigenvalue weighted by Crippen LogP contribution is -2.59. The van der Waals surface area contributed by atoms with Gasteiger partial charge in [0.05, 0.1) is 12.6 Å². The molecule has 1 aliphatic rings. The van der Waals surface area contributed by atoms with Gasteiger partial charge in [0.15, 0.2) is 0 Å². The number of halogens is 1. The molecular weight excluding hydrogens is 515 g/mol. The van der Waals surface area contributed by atoms with Crippen molar-refractivity contribution in [1.82, 2.24) is 20.9 Å². The second-order valence-corrected chi connectivity index (χ2v) is 9.89. The smallest absolute Gasteiger partial charge is 0.245 e. The molecule has 3 rings (SSSR count). The molecule has 1 unspecified atom stereocenters. The van der Waals surface area contributed by atoms with Gasteiger partial charge in [-0.25, -0.2) is 4.39 Å². The van der Waals surface area contributed by atoms with Crippen molar-refractivity contribution in [2.75, 3.05) is 33.4 Å². The fourth-order valence-electron chi connectivity index (χ4n) is 4.45. The third kappa shape index (κ3) is 8.37. The van der Waals surface area contributed by atoms with Crippen molar-refractivity contribution < 1.29 is 28.6 Å². The van der Waals surface area contributed by atoms with Crippen LogP contribution in [-0.2, 0) is 20.8 Å². The number of hydrogen-bond acceptors (Lipinski definition) is 6. The minimum Gasteiger partial charge on any atom is -0.492 e. The molecule has 0 aliphatic carbocycles. The first-order valence-corrected chi connectivity index (χ1v) is 13.6. The predicted molar refractivity (Wildman–Crippen MR) is 151 cm³/mol. The molecule has 0 radical (unpaired) electrons. The summed E-state index contributed by atoms with van der Waals surface area (Å²) >= 11 is 0. The lowest BCUT2D eigenvalue weighted by Gasteiger charge is -2.33. The first-order valence-electron chi connectivity index (χ1n) is 13.6. The molecule has 4 atom stereocenters. The van der Waals surface area contributed by atoms with Crippen molar-refractivity contribution >= 4 is 23.8 Å². The molecule has 0 spiro atoms. The van der Waals surface area contributed by atoms with Gasteiger partial charge >= 0.3 is 0 Å². The molecule has 40 heavy (non-hydrogen) atoms. The first kappa shape index (κ1) is 30.8. The maximum absolute atomic E-state index is 13.5. The summed E-state index contributed by atoms with van der Waals surface area (Å²) in [4.78, 5) is 41.2. The van der Waals surface area contributed by atoms with Gasteiger partial charge < -0.3 is 30.7 Å². The molecule has 216 valence electrons. The second-order valence-electron chi connectivity index (χ2n) is 9.89. The standard InChI is InChI=1S/C30H39FN4O5/c1-4-20(2)27-30(39)35(3)25(19-36)29(38)34-24(18-21-11-13-23(31)14-12-21)28(37)33-15-7-9-22-8-5-6-10-26(22)40-17-16-32-27/h5-14,20,24-25,27,32,36H,4,15-19H2,1-3H3,(H,33,37)(H,34,38)/b9-7+/t20?,24-,25+,27+/m1/s1. The van der Waals surface area contributed by atoms with Gasteiger partial charge in [0.25, 0.3) is 0 Å². The Morgan fingerprint density at radius 3 is 2.52 bits per heavy atom. The number of likely N-dealkylation sites (N-methyl/N-ethyl adjacent to an activating group) is 1. The predicted octanol–water partition coefficient (Wildman–Crippen LogP) is 1.90. The maximum atomic E-state index is 13.5. The molecule has 4 N–H and O–H groups in total. The molecule has 2 aromatic carbocycles. The van der Waals surface area contributed by atoms with Crippen molar-refractivity contribution in [2.24, 2.45) is 5.92 Å². The summed E-state index contributed by atoms with van der Waals surface area (Å²) in [5.41, 5.74) is 1.46. The SMILES string of the molecule is CCC(C)[C@@H]1NCCOc2ccccc2/C=C/CNC(=O)[C@@H](Cc2ccc(F)cc2)NC(=O)[C@H](CO)N(C)C1=O. The largest absolute Gasteiger partial charge is 0.492 e. The zero-order valence-electron chi connectivity index (χ0n) is 23.2. The number of aliphatic hydroxyl groups excluding tert-OH is 1. The van der Waals surface area contributed by atoms with E-state index in [9.17, 15) is 23.9 Å². The van der Waals surface area contributed by atoms with Gasteiger partial charge in [0.1, 0.15) is 30.3 Å². The van der Waals surface area contributed by atoms with Gasteiger partial charge in [-0.15, -0.1) is 0 Å². The molecule has 2 aromatic rings. The molecule has 1 aliphatic heterocycles. The molecule has 3 amide bonds. The van der Waals surface area contributed by atoms with Crippen molar-refractivity contribution in [3.63, 3.8) is 0 Å². The van der Waals surface area contributed by atoms with Crippen LogP contribution in [0.4, 0.5) is 4.39 Å². The van der Waals surface area contributed by atoms with Crippen LogP contribution in [0.2, 0.25) is 0 Å². The maximum Gasteiger partial charge on any atom is 0.245 e. The van der Waals surface area contributed by atoms with Gasteiger partial charge in [-0.3, -0.25) is 14.4 Å². The van der Waals surface area contributed by atoms with E-state index in [1.54, 1.807) is 18.2 Å². The van der Waals surface area contributed by atoms with Crippen LogP contribution in [0.25, 0.3) is 6.08 Å². The Balaban J connectivity index is 1.92. The summed E-state index contributed by atoms with van der Waals surface area (Å²) in [6.07, 6.45) is 4.41. The van der Waals surface area contributed by atoms with Crippen LogP contribution in [0, 0.1) is 11.7 Å². The molecule has 1 heterocycles. The normalized spacial score (nSPS) is 23.1. The summed E-state index contributed by atoms with van der Waals surface area (Å²) in [6, 6.07) is 10.3. The van der Waals surface area contributed by atoms with E-state index in [2.05, 4.69) is 16.0 Å². The molecule has 0 fully saturated rings. The average Bonchev–Trinajstić information content (AvgIpc) is 2.95. The summed E-state index contributed by atoms with van der Waals surface area (Å²) in [6.45, 7) is 4.16. The zero-order valence-corrected chi connectivity index (χ0v) is 23.2. The van der Waals surface area contributed by atoms with Gasteiger partial charge in [0, 0.05) is 32.1 Å². The van der Waals surface area contributed by atoms with E-state index in [0.717, 1.165) is 5.56 Å². The molecule has 10 heteroatoms. The fraction of sp³-hybridized carbons (Fsp3) is 0.433. The number of nitrogens with one attached hydrogen (secondary N) is 3. The number of ether oxygens (including phenoxy) is 1. The van der Waals surface area contributed by atoms with Crippen molar-refractivity contribution in [3.05, 3.63) is 71.6 Å². The van der Waals surface area contributed by atoms with E-state index >= 15 is 0 Å². The Kier molecular flexibility index (Phi) is 11.6. The van der Waals surface area contributed by atoms with E-state index in [0.29, 0.717) is 30.9 Å². The van der Waals surface area contributed by atoms with Crippen LogP contribution in [-0.4, -0.2) is 79.2 Å². The van der Waals surface area contributed by atoms with Crippen molar-refractivity contribution in [1.29, 1.82) is 0 Å². The first-order chi connectivity index (χ1) is 19.2. The minimum absolute atomic E-state index is 0.0600.